The molecule has 0 bridgehead atoms. The van der Waals surface area contributed by atoms with Gasteiger partial charge in [-0.05, 0) is 37.5 Å². The first-order chi connectivity index (χ1) is 7.83. The monoisotopic (exact) mass is 221 g/mol. The summed E-state index contributed by atoms with van der Waals surface area (Å²) in [6.45, 7) is 2.40. The highest BCUT2D eigenvalue weighted by Gasteiger charge is 2.43. The third kappa shape index (κ3) is 2.80. The van der Waals surface area contributed by atoms with Crippen LogP contribution in [0.3, 0.4) is 0 Å². The van der Waals surface area contributed by atoms with E-state index in [4.69, 9.17) is 0 Å². The predicted molar refractivity (Wildman–Crippen MR) is 68.4 cm³/mol. The van der Waals surface area contributed by atoms with Crippen molar-refractivity contribution in [3.8, 4) is 0 Å². The van der Waals surface area contributed by atoms with Crippen molar-refractivity contribution in [3.05, 3.63) is 0 Å². The molecule has 0 radical (unpaired) electrons. The number of nitrogens with one attached hydrogen (secondary N) is 1. The Balaban J connectivity index is 1.37. The quantitative estimate of drug-likeness (QED) is 0.746. The second kappa shape index (κ2) is 4.68. The lowest BCUT2D eigenvalue weighted by Crippen LogP contribution is -2.30. The van der Waals surface area contributed by atoms with Gasteiger partial charge < -0.3 is 5.32 Å². The van der Waals surface area contributed by atoms with E-state index >= 15 is 0 Å². The molecule has 0 heterocycles. The highest BCUT2D eigenvalue weighted by molar-refractivity contribution is 4.99. The van der Waals surface area contributed by atoms with Crippen LogP contribution >= 0.6 is 0 Å². The summed E-state index contributed by atoms with van der Waals surface area (Å²) >= 11 is 0. The molecule has 0 aliphatic heterocycles. The van der Waals surface area contributed by atoms with E-state index in [-0.39, 0.29) is 0 Å². The average Bonchev–Trinajstić information content (AvgIpc) is 3.16. The van der Waals surface area contributed by atoms with Gasteiger partial charge in [0.1, 0.15) is 0 Å². The SMILES string of the molecule is CC(CC1CC1)NC1CC1C1CCCCC1. The fourth-order valence-electron chi connectivity index (χ4n) is 3.78. The molecular formula is C15H27N. The van der Waals surface area contributed by atoms with Crippen LogP contribution in [0.25, 0.3) is 0 Å². The Kier molecular flexibility index (Phi) is 3.24. The van der Waals surface area contributed by atoms with Crippen LogP contribution in [0.1, 0.15) is 64.7 Å². The zero-order valence-corrected chi connectivity index (χ0v) is 10.8. The van der Waals surface area contributed by atoms with E-state index in [2.05, 4.69) is 12.2 Å². The molecule has 0 aromatic carbocycles. The van der Waals surface area contributed by atoms with Gasteiger partial charge >= 0.3 is 0 Å². The molecule has 3 fully saturated rings. The van der Waals surface area contributed by atoms with Gasteiger partial charge in [0.05, 0.1) is 0 Å². The van der Waals surface area contributed by atoms with Gasteiger partial charge in [-0.1, -0.05) is 44.9 Å². The molecule has 3 aliphatic rings. The number of hydrogen-bond acceptors (Lipinski definition) is 1. The summed E-state index contributed by atoms with van der Waals surface area (Å²) in [7, 11) is 0. The van der Waals surface area contributed by atoms with Gasteiger partial charge in [-0.25, -0.2) is 0 Å². The Morgan fingerprint density at radius 1 is 1.06 bits per heavy atom. The van der Waals surface area contributed by atoms with E-state index in [1.165, 1.54) is 57.8 Å². The molecule has 1 heteroatoms. The van der Waals surface area contributed by atoms with Gasteiger partial charge in [0.25, 0.3) is 0 Å². The first-order valence-electron chi connectivity index (χ1n) is 7.59. The lowest BCUT2D eigenvalue weighted by Gasteiger charge is -2.22. The molecule has 0 aromatic rings. The standard InChI is InChI=1S/C15H27N/c1-11(9-12-7-8-12)16-15-10-14(15)13-5-3-2-4-6-13/h11-16H,2-10H2,1H3. The van der Waals surface area contributed by atoms with Crippen molar-refractivity contribution in [1.29, 1.82) is 0 Å². The van der Waals surface area contributed by atoms with Crippen molar-refractivity contribution in [2.75, 3.05) is 0 Å². The Hall–Kier alpha value is -0.0400. The largest absolute Gasteiger partial charge is 0.311 e. The van der Waals surface area contributed by atoms with Crippen molar-refractivity contribution in [2.24, 2.45) is 17.8 Å². The minimum atomic E-state index is 0.783. The summed E-state index contributed by atoms with van der Waals surface area (Å²) in [5.41, 5.74) is 0. The topological polar surface area (TPSA) is 12.0 Å². The second-order valence-corrected chi connectivity index (χ2v) is 6.65. The van der Waals surface area contributed by atoms with Crippen molar-refractivity contribution < 1.29 is 0 Å². The van der Waals surface area contributed by atoms with Crippen LogP contribution in [0.4, 0.5) is 0 Å². The van der Waals surface area contributed by atoms with E-state index in [0.29, 0.717) is 0 Å². The maximum atomic E-state index is 3.87. The molecule has 3 rings (SSSR count). The van der Waals surface area contributed by atoms with E-state index in [1.54, 1.807) is 0 Å². The van der Waals surface area contributed by atoms with E-state index < -0.39 is 0 Å². The normalized spacial score (nSPS) is 37.3. The number of rotatable bonds is 5. The van der Waals surface area contributed by atoms with Gasteiger partial charge in [0.2, 0.25) is 0 Å². The predicted octanol–water partition coefficient (Wildman–Crippen LogP) is 3.73. The molecule has 3 aliphatic carbocycles. The summed E-state index contributed by atoms with van der Waals surface area (Å²) in [5, 5.41) is 3.87. The molecule has 1 N–H and O–H groups in total. The molecule has 16 heavy (non-hydrogen) atoms. The van der Waals surface area contributed by atoms with Crippen LogP contribution in [0, 0.1) is 17.8 Å². The summed E-state index contributed by atoms with van der Waals surface area (Å²) in [5.74, 6) is 3.22. The lowest BCUT2D eigenvalue weighted by molar-refractivity contribution is 0.307. The molecule has 3 unspecified atom stereocenters. The zero-order valence-electron chi connectivity index (χ0n) is 10.8. The van der Waals surface area contributed by atoms with Gasteiger partial charge in [-0.2, -0.15) is 0 Å². The Morgan fingerprint density at radius 3 is 2.50 bits per heavy atom. The minimum absolute atomic E-state index is 0.783. The summed E-state index contributed by atoms with van der Waals surface area (Å²) in [4.78, 5) is 0. The Morgan fingerprint density at radius 2 is 1.81 bits per heavy atom. The second-order valence-electron chi connectivity index (χ2n) is 6.65. The molecule has 1 nitrogen and oxygen atoms in total. The maximum absolute atomic E-state index is 3.87. The summed E-state index contributed by atoms with van der Waals surface area (Å²) in [6, 6.07) is 1.68. The third-order valence-corrected chi connectivity index (χ3v) is 4.98. The van der Waals surface area contributed by atoms with Crippen LogP contribution in [0.2, 0.25) is 0 Å². The summed E-state index contributed by atoms with van der Waals surface area (Å²) in [6.07, 6.45) is 13.5. The highest BCUT2D eigenvalue weighted by atomic mass is 15.0. The Labute approximate surface area is 100 Å². The van der Waals surface area contributed by atoms with Gasteiger partial charge in [-0.15, -0.1) is 0 Å². The molecule has 3 atom stereocenters. The van der Waals surface area contributed by atoms with Crippen molar-refractivity contribution in [2.45, 2.75) is 76.8 Å². The van der Waals surface area contributed by atoms with E-state index in [9.17, 15) is 0 Å². The fraction of sp³-hybridized carbons (Fsp3) is 1.00. The van der Waals surface area contributed by atoms with Gasteiger partial charge in [0.15, 0.2) is 0 Å². The maximum Gasteiger partial charge on any atom is 0.0104 e. The average molecular weight is 221 g/mol. The molecule has 0 saturated heterocycles. The first kappa shape index (κ1) is 11.1. The van der Waals surface area contributed by atoms with Crippen LogP contribution in [-0.2, 0) is 0 Å². The fourth-order valence-corrected chi connectivity index (χ4v) is 3.78. The molecule has 0 amide bonds. The smallest absolute Gasteiger partial charge is 0.0104 e. The lowest BCUT2D eigenvalue weighted by atomic mass is 9.85. The molecule has 0 spiro atoms. The van der Waals surface area contributed by atoms with Crippen LogP contribution in [-0.4, -0.2) is 12.1 Å². The molecule has 92 valence electrons. The van der Waals surface area contributed by atoms with Gasteiger partial charge in [-0.3, -0.25) is 0 Å². The van der Waals surface area contributed by atoms with E-state index in [0.717, 1.165) is 29.8 Å². The third-order valence-electron chi connectivity index (χ3n) is 4.98. The van der Waals surface area contributed by atoms with Crippen molar-refractivity contribution in [3.63, 3.8) is 0 Å². The summed E-state index contributed by atoms with van der Waals surface area (Å²) < 4.78 is 0. The molecular weight excluding hydrogens is 194 g/mol. The van der Waals surface area contributed by atoms with Crippen molar-refractivity contribution in [1.82, 2.24) is 5.32 Å². The Bertz CT molecular complexity index is 228. The number of hydrogen-bond donors (Lipinski definition) is 1. The first-order valence-corrected chi connectivity index (χ1v) is 7.59. The minimum Gasteiger partial charge on any atom is -0.311 e. The van der Waals surface area contributed by atoms with E-state index in [1.807, 2.05) is 0 Å². The van der Waals surface area contributed by atoms with Crippen LogP contribution in [0.15, 0.2) is 0 Å². The van der Waals surface area contributed by atoms with Crippen LogP contribution < -0.4 is 5.32 Å². The molecule has 0 aromatic heterocycles. The van der Waals surface area contributed by atoms with Crippen LogP contribution in [0.5, 0.6) is 0 Å². The molecule has 3 saturated carbocycles. The highest BCUT2D eigenvalue weighted by Crippen LogP contribution is 2.45. The van der Waals surface area contributed by atoms with Crippen molar-refractivity contribution >= 4 is 0 Å². The zero-order chi connectivity index (χ0) is 11.0. The van der Waals surface area contributed by atoms with Gasteiger partial charge in [0, 0.05) is 12.1 Å².